The van der Waals surface area contributed by atoms with Crippen LogP contribution in [0.5, 0.6) is 0 Å². The van der Waals surface area contributed by atoms with Crippen molar-refractivity contribution in [1.29, 1.82) is 0 Å². The molecule has 0 bridgehead atoms. The Bertz CT molecular complexity index is 1300. The number of nitrogens with one attached hydrogen (secondary N) is 1. The van der Waals surface area contributed by atoms with Gasteiger partial charge in [0.25, 0.3) is 5.56 Å². The van der Waals surface area contributed by atoms with E-state index in [1.165, 1.54) is 10.6 Å². The van der Waals surface area contributed by atoms with Gasteiger partial charge in [-0.1, -0.05) is 53.5 Å². The molecule has 0 unspecified atom stereocenters. The van der Waals surface area contributed by atoms with Crippen LogP contribution in [0.1, 0.15) is 0 Å². The fourth-order valence-corrected chi connectivity index (χ4v) is 3.86. The minimum atomic E-state index is -0.617. The molecule has 158 valence electrons. The predicted octanol–water partition coefficient (Wildman–Crippen LogP) is 4.12. The molecule has 8 heteroatoms. The van der Waals surface area contributed by atoms with Crippen molar-refractivity contribution in [2.45, 2.75) is 6.04 Å². The SMILES string of the molecule is O=c1ccc2c(-c3ccccc3Cl)nc(NC(CO)CO)cc2n1-c1ccccc1Cl. The van der Waals surface area contributed by atoms with Crippen molar-refractivity contribution in [3.05, 3.63) is 87.1 Å². The van der Waals surface area contributed by atoms with Gasteiger partial charge in [-0.05, 0) is 24.3 Å². The molecule has 4 aromatic rings. The topological polar surface area (TPSA) is 87.4 Å². The maximum Gasteiger partial charge on any atom is 0.255 e. The fourth-order valence-electron chi connectivity index (χ4n) is 3.41. The Balaban J connectivity index is 2.08. The number of para-hydroxylation sites is 1. The van der Waals surface area contributed by atoms with Crippen molar-refractivity contribution in [2.75, 3.05) is 18.5 Å². The first-order chi connectivity index (χ1) is 15.0. The number of fused-ring (bicyclic) bond motifs is 1. The summed E-state index contributed by atoms with van der Waals surface area (Å²) < 4.78 is 1.51. The summed E-state index contributed by atoms with van der Waals surface area (Å²) >= 11 is 12.9. The Morgan fingerprint density at radius 1 is 0.935 bits per heavy atom. The maximum absolute atomic E-state index is 12.9. The molecule has 2 aromatic heterocycles. The van der Waals surface area contributed by atoms with Gasteiger partial charge in [0.2, 0.25) is 0 Å². The summed E-state index contributed by atoms with van der Waals surface area (Å²) in [7, 11) is 0. The summed E-state index contributed by atoms with van der Waals surface area (Å²) in [5, 5.41) is 23.6. The van der Waals surface area contributed by atoms with Crippen LogP contribution in [0, 0.1) is 0 Å². The zero-order chi connectivity index (χ0) is 22.0. The Labute approximate surface area is 188 Å². The highest BCUT2D eigenvalue weighted by Gasteiger charge is 2.17. The number of pyridine rings is 2. The molecule has 0 aliphatic rings. The van der Waals surface area contributed by atoms with Crippen LogP contribution in [-0.4, -0.2) is 39.0 Å². The van der Waals surface area contributed by atoms with Gasteiger partial charge in [-0.3, -0.25) is 9.36 Å². The maximum atomic E-state index is 12.9. The van der Waals surface area contributed by atoms with E-state index >= 15 is 0 Å². The lowest BCUT2D eigenvalue weighted by atomic mass is 10.1. The molecule has 2 heterocycles. The van der Waals surface area contributed by atoms with E-state index in [0.29, 0.717) is 43.7 Å². The van der Waals surface area contributed by atoms with E-state index in [1.54, 1.807) is 42.5 Å². The highest BCUT2D eigenvalue weighted by Crippen LogP contribution is 2.34. The average molecular weight is 456 g/mol. The smallest absolute Gasteiger partial charge is 0.255 e. The second kappa shape index (κ2) is 9.08. The van der Waals surface area contributed by atoms with Crippen LogP contribution in [0.25, 0.3) is 27.8 Å². The Morgan fingerprint density at radius 2 is 1.61 bits per heavy atom. The van der Waals surface area contributed by atoms with Gasteiger partial charge in [0.1, 0.15) is 5.82 Å². The first kappa shape index (κ1) is 21.3. The largest absolute Gasteiger partial charge is 0.394 e. The molecular formula is C23H19Cl2N3O3. The van der Waals surface area contributed by atoms with Crippen molar-refractivity contribution < 1.29 is 10.2 Å². The molecule has 4 rings (SSSR count). The van der Waals surface area contributed by atoms with Crippen LogP contribution in [0.15, 0.2) is 71.5 Å². The number of aromatic nitrogens is 2. The first-order valence-electron chi connectivity index (χ1n) is 9.58. The second-order valence-corrected chi connectivity index (χ2v) is 7.75. The third-order valence-corrected chi connectivity index (χ3v) is 5.55. The van der Waals surface area contributed by atoms with Gasteiger partial charge in [0, 0.05) is 28.1 Å². The molecule has 0 saturated heterocycles. The number of halogens is 2. The molecule has 0 radical (unpaired) electrons. The fraction of sp³-hybridized carbons (Fsp3) is 0.130. The monoisotopic (exact) mass is 455 g/mol. The van der Waals surface area contributed by atoms with Gasteiger partial charge in [0.05, 0.1) is 41.2 Å². The molecule has 0 fully saturated rings. The van der Waals surface area contributed by atoms with Crippen LogP contribution >= 0.6 is 23.2 Å². The molecule has 6 nitrogen and oxygen atoms in total. The normalized spacial score (nSPS) is 11.3. The van der Waals surface area contributed by atoms with Crippen molar-refractivity contribution in [2.24, 2.45) is 0 Å². The summed E-state index contributed by atoms with van der Waals surface area (Å²) in [6.07, 6.45) is 0. The van der Waals surface area contributed by atoms with E-state index in [4.69, 9.17) is 23.2 Å². The van der Waals surface area contributed by atoms with Crippen molar-refractivity contribution in [1.82, 2.24) is 9.55 Å². The Morgan fingerprint density at radius 3 is 2.29 bits per heavy atom. The van der Waals surface area contributed by atoms with Crippen LogP contribution < -0.4 is 10.9 Å². The van der Waals surface area contributed by atoms with Crippen LogP contribution in [-0.2, 0) is 0 Å². The third-order valence-electron chi connectivity index (χ3n) is 4.91. The number of rotatable bonds is 6. The molecule has 0 aliphatic carbocycles. The zero-order valence-electron chi connectivity index (χ0n) is 16.3. The van der Waals surface area contributed by atoms with E-state index < -0.39 is 6.04 Å². The summed E-state index contributed by atoms with van der Waals surface area (Å²) in [5.41, 5.74) is 2.07. The van der Waals surface area contributed by atoms with E-state index in [2.05, 4.69) is 10.3 Å². The highest BCUT2D eigenvalue weighted by molar-refractivity contribution is 6.33. The van der Waals surface area contributed by atoms with Gasteiger partial charge in [-0.2, -0.15) is 0 Å². The van der Waals surface area contributed by atoms with E-state index in [-0.39, 0.29) is 18.8 Å². The molecule has 0 spiro atoms. The standard InChI is InChI=1S/C23H19Cl2N3O3/c24-17-6-2-1-5-15(17)23-16-9-10-22(31)28(19-8-4-3-7-18(19)25)20(16)11-21(27-23)26-14(12-29)13-30/h1-11,14,29-30H,12-13H2,(H,26,27). The number of aliphatic hydroxyl groups is 2. The molecule has 2 aromatic carbocycles. The molecule has 0 atom stereocenters. The second-order valence-electron chi connectivity index (χ2n) is 6.93. The van der Waals surface area contributed by atoms with Gasteiger partial charge in [-0.15, -0.1) is 0 Å². The number of nitrogens with zero attached hydrogens (tertiary/aromatic N) is 2. The van der Waals surface area contributed by atoms with Crippen molar-refractivity contribution in [3.8, 4) is 16.9 Å². The lowest BCUT2D eigenvalue weighted by Gasteiger charge is -2.19. The minimum Gasteiger partial charge on any atom is -0.394 e. The molecular weight excluding hydrogens is 437 g/mol. The van der Waals surface area contributed by atoms with E-state index in [1.807, 2.05) is 18.2 Å². The van der Waals surface area contributed by atoms with E-state index in [0.717, 1.165) is 0 Å². The quantitative estimate of drug-likeness (QED) is 0.406. The number of hydrogen-bond donors (Lipinski definition) is 3. The number of aliphatic hydroxyl groups excluding tert-OH is 2. The van der Waals surface area contributed by atoms with Crippen LogP contribution in [0.4, 0.5) is 5.82 Å². The molecule has 0 aliphatic heterocycles. The third kappa shape index (κ3) is 4.16. The number of anilines is 1. The minimum absolute atomic E-state index is 0.260. The molecule has 0 saturated carbocycles. The molecule has 31 heavy (non-hydrogen) atoms. The van der Waals surface area contributed by atoms with Crippen LogP contribution in [0.2, 0.25) is 10.0 Å². The summed E-state index contributed by atoms with van der Waals surface area (Å²) in [6, 6.07) is 18.6. The lowest BCUT2D eigenvalue weighted by Crippen LogP contribution is -2.28. The zero-order valence-corrected chi connectivity index (χ0v) is 17.8. The predicted molar refractivity (Wildman–Crippen MR) is 124 cm³/mol. The van der Waals surface area contributed by atoms with Gasteiger partial charge < -0.3 is 15.5 Å². The lowest BCUT2D eigenvalue weighted by molar-refractivity contribution is 0.203. The number of benzene rings is 2. The van der Waals surface area contributed by atoms with Crippen molar-refractivity contribution in [3.63, 3.8) is 0 Å². The number of hydrogen-bond acceptors (Lipinski definition) is 5. The molecule has 3 N–H and O–H groups in total. The summed E-state index contributed by atoms with van der Waals surface area (Å²) in [4.78, 5) is 17.6. The average Bonchev–Trinajstić information content (AvgIpc) is 2.78. The summed E-state index contributed by atoms with van der Waals surface area (Å²) in [6.45, 7) is -0.576. The van der Waals surface area contributed by atoms with Crippen molar-refractivity contribution >= 4 is 39.9 Å². The Hall–Kier alpha value is -2.90. The first-order valence-corrected chi connectivity index (χ1v) is 10.3. The summed E-state index contributed by atoms with van der Waals surface area (Å²) in [5.74, 6) is 0.377. The Kier molecular flexibility index (Phi) is 6.25. The van der Waals surface area contributed by atoms with E-state index in [9.17, 15) is 15.0 Å². The van der Waals surface area contributed by atoms with Crippen LogP contribution in [0.3, 0.4) is 0 Å². The highest BCUT2D eigenvalue weighted by atomic mass is 35.5. The van der Waals surface area contributed by atoms with Gasteiger partial charge >= 0.3 is 0 Å². The van der Waals surface area contributed by atoms with Gasteiger partial charge in [0.15, 0.2) is 0 Å². The van der Waals surface area contributed by atoms with Gasteiger partial charge in [-0.25, -0.2) is 4.98 Å². The molecule has 0 amide bonds.